The topological polar surface area (TPSA) is 110 Å². The summed E-state index contributed by atoms with van der Waals surface area (Å²) in [6, 6.07) is 10.3. The SMILES string of the molecule is NCC1CN(c2c(F)cc3c(=O)c(C(=O)O)cn(C4CC4)c3c2F)CC1=NOCc1ccccc1. The van der Waals surface area contributed by atoms with E-state index in [9.17, 15) is 14.7 Å². The van der Waals surface area contributed by atoms with Crippen LogP contribution in [0.15, 0.2) is 52.5 Å². The maximum atomic E-state index is 15.9. The first-order valence-electron chi connectivity index (χ1n) is 11.4. The largest absolute Gasteiger partial charge is 0.477 e. The van der Waals surface area contributed by atoms with Gasteiger partial charge < -0.3 is 25.1 Å². The minimum absolute atomic E-state index is 0.0890. The van der Waals surface area contributed by atoms with E-state index in [0.29, 0.717) is 5.71 Å². The highest BCUT2D eigenvalue weighted by molar-refractivity contribution is 5.96. The number of benzene rings is 2. The zero-order valence-electron chi connectivity index (χ0n) is 18.8. The number of carboxylic acid groups (broad SMARTS) is 1. The molecule has 0 spiro atoms. The maximum Gasteiger partial charge on any atom is 0.341 e. The Kier molecular flexibility index (Phi) is 5.98. The molecule has 3 aromatic rings. The molecule has 2 heterocycles. The van der Waals surface area contributed by atoms with Crippen molar-refractivity contribution in [2.45, 2.75) is 25.5 Å². The Hall–Kier alpha value is -3.79. The number of aromatic nitrogens is 1. The van der Waals surface area contributed by atoms with Gasteiger partial charge in [-0.05, 0) is 24.5 Å². The molecule has 35 heavy (non-hydrogen) atoms. The van der Waals surface area contributed by atoms with Gasteiger partial charge in [-0.25, -0.2) is 13.6 Å². The van der Waals surface area contributed by atoms with Gasteiger partial charge in [0.05, 0.1) is 23.2 Å². The number of pyridine rings is 1. The van der Waals surface area contributed by atoms with Crippen molar-refractivity contribution in [3.8, 4) is 0 Å². The molecule has 0 amide bonds. The van der Waals surface area contributed by atoms with Crippen molar-refractivity contribution >= 4 is 28.3 Å². The van der Waals surface area contributed by atoms with Crippen LogP contribution in [0, 0.1) is 17.6 Å². The van der Waals surface area contributed by atoms with Gasteiger partial charge in [-0.2, -0.15) is 0 Å². The highest BCUT2D eigenvalue weighted by Crippen LogP contribution is 2.40. The van der Waals surface area contributed by atoms with E-state index in [1.54, 1.807) is 0 Å². The number of nitrogens with zero attached hydrogens (tertiary/aromatic N) is 3. The third-order valence-electron chi connectivity index (χ3n) is 6.48. The molecule has 182 valence electrons. The lowest BCUT2D eigenvalue weighted by Crippen LogP contribution is -2.26. The molecular formula is C25H24F2N4O4. The van der Waals surface area contributed by atoms with Gasteiger partial charge in [-0.1, -0.05) is 35.5 Å². The van der Waals surface area contributed by atoms with Crippen LogP contribution in [0.3, 0.4) is 0 Å². The number of aromatic carboxylic acids is 1. The molecule has 1 saturated carbocycles. The molecule has 3 N–H and O–H groups in total. The molecule has 1 atom stereocenters. The fraction of sp³-hybridized carbons (Fsp3) is 0.320. The third-order valence-corrected chi connectivity index (χ3v) is 6.48. The highest BCUT2D eigenvalue weighted by atomic mass is 19.1. The van der Waals surface area contributed by atoms with Gasteiger partial charge in [0.1, 0.15) is 23.7 Å². The van der Waals surface area contributed by atoms with E-state index in [1.807, 2.05) is 30.3 Å². The monoisotopic (exact) mass is 482 g/mol. The lowest BCUT2D eigenvalue weighted by atomic mass is 10.1. The molecular weight excluding hydrogens is 458 g/mol. The predicted molar refractivity (Wildman–Crippen MR) is 127 cm³/mol. The van der Waals surface area contributed by atoms with Crippen LogP contribution in [0.5, 0.6) is 0 Å². The summed E-state index contributed by atoms with van der Waals surface area (Å²) in [5, 5.41) is 13.3. The average molecular weight is 482 g/mol. The van der Waals surface area contributed by atoms with Gasteiger partial charge in [-0.15, -0.1) is 0 Å². The standard InChI is InChI=1S/C25H24F2N4O4/c26-19-8-17-22(31(16-6-7-16)11-18(24(17)32)25(33)34)21(27)23(19)30-10-15(9-28)20(12-30)29-35-13-14-4-2-1-3-5-14/h1-5,8,11,15-16H,6-7,9-10,12-13,28H2,(H,33,34). The Bertz CT molecular complexity index is 1390. The summed E-state index contributed by atoms with van der Waals surface area (Å²) in [6.07, 6.45) is 2.60. The zero-order valence-corrected chi connectivity index (χ0v) is 18.8. The molecule has 2 aromatic carbocycles. The molecule has 2 fully saturated rings. The lowest BCUT2D eigenvalue weighted by Gasteiger charge is -2.22. The van der Waals surface area contributed by atoms with Crippen molar-refractivity contribution in [3.63, 3.8) is 0 Å². The first-order valence-corrected chi connectivity index (χ1v) is 11.4. The molecule has 0 bridgehead atoms. The van der Waals surface area contributed by atoms with Crippen molar-refractivity contribution in [3.05, 3.63) is 75.6 Å². The molecule has 1 aliphatic carbocycles. The van der Waals surface area contributed by atoms with Gasteiger partial charge in [0, 0.05) is 31.2 Å². The molecule has 1 aromatic heterocycles. The molecule has 1 unspecified atom stereocenters. The quantitative estimate of drug-likeness (QED) is 0.500. The Balaban J connectivity index is 1.51. The summed E-state index contributed by atoms with van der Waals surface area (Å²) in [6.45, 7) is 0.802. The first-order chi connectivity index (χ1) is 16.9. The van der Waals surface area contributed by atoms with Crippen LogP contribution in [-0.4, -0.2) is 41.0 Å². The predicted octanol–water partition coefficient (Wildman–Crippen LogP) is 3.28. The van der Waals surface area contributed by atoms with Crippen LogP contribution in [0.25, 0.3) is 10.9 Å². The number of hydrogen-bond donors (Lipinski definition) is 2. The minimum atomic E-state index is -1.43. The number of rotatable bonds is 7. The van der Waals surface area contributed by atoms with Crippen LogP contribution in [0.2, 0.25) is 0 Å². The second kappa shape index (κ2) is 9.10. The van der Waals surface area contributed by atoms with Gasteiger partial charge in [0.2, 0.25) is 5.43 Å². The van der Waals surface area contributed by atoms with E-state index in [0.717, 1.165) is 30.7 Å². The van der Waals surface area contributed by atoms with E-state index < -0.39 is 28.6 Å². The van der Waals surface area contributed by atoms with Gasteiger partial charge in [0.25, 0.3) is 0 Å². The highest BCUT2D eigenvalue weighted by Gasteiger charge is 2.35. The number of halogens is 2. The van der Waals surface area contributed by atoms with Gasteiger partial charge in [0.15, 0.2) is 5.82 Å². The fourth-order valence-corrected chi connectivity index (χ4v) is 4.52. The normalized spacial score (nSPS) is 19.0. The van der Waals surface area contributed by atoms with Crippen LogP contribution in [-0.2, 0) is 11.4 Å². The van der Waals surface area contributed by atoms with Crippen molar-refractivity contribution < 1.29 is 23.5 Å². The molecule has 2 aliphatic rings. The summed E-state index contributed by atoms with van der Waals surface area (Å²) >= 11 is 0. The van der Waals surface area contributed by atoms with Crippen molar-refractivity contribution in [2.24, 2.45) is 16.8 Å². The second-order valence-corrected chi connectivity index (χ2v) is 8.89. The van der Waals surface area contributed by atoms with E-state index in [4.69, 9.17) is 10.6 Å². The Labute approximate surface area is 199 Å². The summed E-state index contributed by atoms with van der Waals surface area (Å²) in [4.78, 5) is 31.2. The number of fused-ring (bicyclic) bond motifs is 1. The Morgan fingerprint density at radius 1 is 1.23 bits per heavy atom. The van der Waals surface area contributed by atoms with Crippen LogP contribution in [0.1, 0.15) is 34.8 Å². The summed E-state index contributed by atoms with van der Waals surface area (Å²) < 4.78 is 32.6. The number of nitrogens with two attached hydrogens (primary N) is 1. The van der Waals surface area contributed by atoms with E-state index in [-0.39, 0.29) is 54.8 Å². The van der Waals surface area contributed by atoms with E-state index >= 15 is 8.78 Å². The third kappa shape index (κ3) is 4.25. The van der Waals surface area contributed by atoms with Gasteiger partial charge in [-0.3, -0.25) is 4.79 Å². The maximum absolute atomic E-state index is 15.9. The van der Waals surface area contributed by atoms with E-state index in [2.05, 4.69) is 5.16 Å². The zero-order chi connectivity index (χ0) is 24.7. The first kappa shape index (κ1) is 23.0. The van der Waals surface area contributed by atoms with Gasteiger partial charge >= 0.3 is 5.97 Å². The van der Waals surface area contributed by atoms with Crippen molar-refractivity contribution in [1.29, 1.82) is 0 Å². The Morgan fingerprint density at radius 2 is 1.97 bits per heavy atom. The van der Waals surface area contributed by atoms with Crippen molar-refractivity contribution in [2.75, 3.05) is 24.5 Å². The van der Waals surface area contributed by atoms with Crippen LogP contribution >= 0.6 is 0 Å². The fourth-order valence-electron chi connectivity index (χ4n) is 4.52. The molecule has 5 rings (SSSR count). The molecule has 10 heteroatoms. The molecule has 8 nitrogen and oxygen atoms in total. The van der Waals surface area contributed by atoms with Crippen LogP contribution in [0.4, 0.5) is 14.5 Å². The number of carboxylic acids is 1. The molecule has 1 saturated heterocycles. The Morgan fingerprint density at radius 3 is 2.63 bits per heavy atom. The summed E-state index contributed by atoms with van der Waals surface area (Å²) in [5.74, 6) is -3.54. The number of oxime groups is 1. The lowest BCUT2D eigenvalue weighted by molar-refractivity contribution is 0.0694. The molecule has 0 radical (unpaired) electrons. The smallest absolute Gasteiger partial charge is 0.341 e. The van der Waals surface area contributed by atoms with Crippen molar-refractivity contribution in [1.82, 2.24) is 4.57 Å². The van der Waals surface area contributed by atoms with E-state index in [1.165, 1.54) is 9.47 Å². The summed E-state index contributed by atoms with van der Waals surface area (Å²) in [7, 11) is 0. The number of anilines is 1. The average Bonchev–Trinajstić information content (AvgIpc) is 3.61. The minimum Gasteiger partial charge on any atom is -0.477 e. The second-order valence-electron chi connectivity index (χ2n) is 8.89. The van der Waals surface area contributed by atoms with Crippen LogP contribution < -0.4 is 16.1 Å². The number of hydrogen-bond acceptors (Lipinski definition) is 6. The summed E-state index contributed by atoms with van der Waals surface area (Å²) in [5.41, 5.74) is 5.60. The number of carbonyl (C=O) groups is 1. The molecule has 1 aliphatic heterocycles.